The molecule has 2 rings (SSSR count). The van der Waals surface area contributed by atoms with E-state index in [1.165, 1.54) is 38.5 Å². The van der Waals surface area contributed by atoms with Gasteiger partial charge in [0.25, 0.3) is 0 Å². The molecule has 0 spiro atoms. The Hall–Kier alpha value is 1.19. The molecule has 2 aliphatic rings. The molecule has 0 heterocycles. The zero-order valence-corrected chi connectivity index (χ0v) is 10.5. The summed E-state index contributed by atoms with van der Waals surface area (Å²) in [5.74, 6) is 0. The zero-order valence-electron chi connectivity index (χ0n) is 9.54. The maximum atomic E-state index is 12.0. The molecule has 1 unspecified atom stereocenters. The molecule has 0 N–H and O–H groups in total. The summed E-state index contributed by atoms with van der Waals surface area (Å²) < 4.78 is 17.8. The maximum absolute atomic E-state index is 12.0. The van der Waals surface area contributed by atoms with Crippen molar-refractivity contribution in [3.05, 3.63) is 0 Å². The van der Waals surface area contributed by atoms with Crippen molar-refractivity contribution in [1.82, 2.24) is 0 Å². The first-order valence-electron chi connectivity index (χ1n) is 6.57. The first kappa shape index (κ1) is 15.2. The van der Waals surface area contributed by atoms with E-state index in [4.69, 9.17) is 4.52 Å². The molecule has 2 aliphatic carbocycles. The predicted molar refractivity (Wildman–Crippen MR) is 71.0 cm³/mol. The SMILES string of the molecule is O=[PH](OC1CCCCC1)C1CCCCC1.[NaH]. The van der Waals surface area contributed by atoms with Gasteiger partial charge < -0.3 is 4.52 Å². The number of hydrogen-bond acceptors (Lipinski definition) is 2. The molecule has 2 saturated carbocycles. The summed E-state index contributed by atoms with van der Waals surface area (Å²) in [7, 11) is -1.74. The van der Waals surface area contributed by atoms with E-state index in [1.54, 1.807) is 0 Å². The molecule has 16 heavy (non-hydrogen) atoms. The molecule has 0 aliphatic heterocycles. The molecular weight excluding hydrogens is 230 g/mol. The summed E-state index contributed by atoms with van der Waals surface area (Å²) in [5, 5.41) is 0. The molecule has 0 aromatic heterocycles. The van der Waals surface area contributed by atoms with Crippen LogP contribution in [0, 0.1) is 0 Å². The summed E-state index contributed by atoms with van der Waals surface area (Å²) in [5.41, 5.74) is 0.408. The molecule has 0 bridgehead atoms. The van der Waals surface area contributed by atoms with Crippen molar-refractivity contribution in [2.75, 3.05) is 0 Å². The minimum absolute atomic E-state index is 0. The molecule has 2 nitrogen and oxygen atoms in total. The normalized spacial score (nSPS) is 26.0. The summed E-state index contributed by atoms with van der Waals surface area (Å²) in [6.45, 7) is 0. The van der Waals surface area contributed by atoms with E-state index in [-0.39, 0.29) is 29.6 Å². The molecule has 0 saturated heterocycles. The van der Waals surface area contributed by atoms with Crippen LogP contribution in [-0.4, -0.2) is 41.3 Å². The Bertz CT molecular complexity index is 211. The van der Waals surface area contributed by atoms with Gasteiger partial charge in [-0.1, -0.05) is 38.5 Å². The Morgan fingerprint density at radius 1 is 0.812 bits per heavy atom. The van der Waals surface area contributed by atoms with E-state index in [9.17, 15) is 4.57 Å². The monoisotopic (exact) mass is 254 g/mol. The quantitative estimate of drug-likeness (QED) is 0.569. The van der Waals surface area contributed by atoms with Gasteiger partial charge in [-0.15, -0.1) is 0 Å². The second kappa shape index (κ2) is 8.32. The summed E-state index contributed by atoms with van der Waals surface area (Å²) >= 11 is 0. The van der Waals surface area contributed by atoms with E-state index < -0.39 is 8.03 Å². The Morgan fingerprint density at radius 3 is 1.88 bits per heavy atom. The molecule has 0 aromatic carbocycles. The minimum atomic E-state index is -1.74. The van der Waals surface area contributed by atoms with Crippen molar-refractivity contribution in [2.24, 2.45) is 0 Å². The number of rotatable bonds is 3. The van der Waals surface area contributed by atoms with E-state index >= 15 is 0 Å². The van der Waals surface area contributed by atoms with Gasteiger partial charge in [-0.25, -0.2) is 0 Å². The molecule has 4 heteroatoms. The average Bonchev–Trinajstić information content (AvgIpc) is 2.31. The molecule has 0 radical (unpaired) electrons. The Balaban J connectivity index is 0.00000128. The Morgan fingerprint density at radius 2 is 1.31 bits per heavy atom. The molecule has 1 atom stereocenters. The Labute approximate surface area is 122 Å². The van der Waals surface area contributed by atoms with Gasteiger partial charge in [0.1, 0.15) is 0 Å². The van der Waals surface area contributed by atoms with Gasteiger partial charge in [0.15, 0.2) is 8.03 Å². The van der Waals surface area contributed by atoms with Gasteiger partial charge in [0.2, 0.25) is 0 Å². The van der Waals surface area contributed by atoms with Gasteiger partial charge in [-0.3, -0.25) is 4.57 Å². The van der Waals surface area contributed by atoms with Gasteiger partial charge in [-0.05, 0) is 25.7 Å². The first-order chi connectivity index (χ1) is 7.36. The summed E-state index contributed by atoms with van der Waals surface area (Å²) in [6, 6.07) is 0. The molecule has 0 aromatic rings. The molecule has 90 valence electrons. The van der Waals surface area contributed by atoms with Crippen LogP contribution >= 0.6 is 8.03 Å². The predicted octanol–water partition coefficient (Wildman–Crippen LogP) is 3.49. The number of hydrogen-bond donors (Lipinski definition) is 0. The van der Waals surface area contributed by atoms with Gasteiger partial charge in [0.05, 0.1) is 6.10 Å². The van der Waals surface area contributed by atoms with Crippen LogP contribution in [0.1, 0.15) is 64.2 Å². The molecule has 0 amide bonds. The molecular formula is C12H24NaO2P. The van der Waals surface area contributed by atoms with Crippen LogP contribution < -0.4 is 0 Å². The average molecular weight is 254 g/mol. The first-order valence-corrected chi connectivity index (χ1v) is 7.96. The van der Waals surface area contributed by atoms with Crippen molar-refractivity contribution in [3.8, 4) is 0 Å². The standard InChI is InChI=1S/C12H23O2P.Na.H/c13-15(12-9-5-2-6-10-12)14-11-7-3-1-4-8-11;;/h11-12,15H,1-10H2;;. The fraction of sp³-hybridized carbons (Fsp3) is 1.00. The van der Waals surface area contributed by atoms with Crippen LogP contribution in [0.25, 0.3) is 0 Å². The van der Waals surface area contributed by atoms with Gasteiger partial charge in [-0.2, -0.15) is 0 Å². The van der Waals surface area contributed by atoms with Crippen molar-refractivity contribution in [1.29, 1.82) is 0 Å². The van der Waals surface area contributed by atoms with Crippen molar-refractivity contribution in [3.63, 3.8) is 0 Å². The van der Waals surface area contributed by atoms with Crippen LogP contribution in [0.2, 0.25) is 0 Å². The zero-order chi connectivity index (χ0) is 10.5. The summed E-state index contributed by atoms with van der Waals surface area (Å²) in [4.78, 5) is 0. The van der Waals surface area contributed by atoms with Crippen LogP contribution in [0.5, 0.6) is 0 Å². The van der Waals surface area contributed by atoms with E-state index in [1.807, 2.05) is 0 Å². The van der Waals surface area contributed by atoms with Crippen LogP contribution in [-0.2, 0) is 9.09 Å². The van der Waals surface area contributed by atoms with E-state index in [0.29, 0.717) is 11.8 Å². The van der Waals surface area contributed by atoms with Crippen LogP contribution in [0.3, 0.4) is 0 Å². The summed E-state index contributed by atoms with van der Waals surface area (Å²) in [6.07, 6.45) is 12.6. The second-order valence-corrected chi connectivity index (χ2v) is 6.72. The Kier molecular flexibility index (Phi) is 7.93. The fourth-order valence-corrected chi connectivity index (χ4v) is 4.42. The van der Waals surface area contributed by atoms with Crippen LogP contribution in [0.4, 0.5) is 0 Å². The van der Waals surface area contributed by atoms with Crippen molar-refractivity contribution < 1.29 is 9.09 Å². The fourth-order valence-electron chi connectivity index (χ4n) is 2.78. The van der Waals surface area contributed by atoms with E-state index in [0.717, 1.165) is 25.7 Å². The topological polar surface area (TPSA) is 26.3 Å². The third-order valence-corrected chi connectivity index (χ3v) is 5.58. The third-order valence-electron chi connectivity index (χ3n) is 3.77. The van der Waals surface area contributed by atoms with Gasteiger partial charge in [0, 0.05) is 5.66 Å². The van der Waals surface area contributed by atoms with Crippen molar-refractivity contribution in [2.45, 2.75) is 76.0 Å². The van der Waals surface area contributed by atoms with Crippen LogP contribution in [0.15, 0.2) is 0 Å². The second-order valence-electron chi connectivity index (χ2n) is 5.03. The van der Waals surface area contributed by atoms with E-state index in [2.05, 4.69) is 0 Å². The third kappa shape index (κ3) is 4.82. The van der Waals surface area contributed by atoms with Gasteiger partial charge >= 0.3 is 29.6 Å². The van der Waals surface area contributed by atoms with Crippen molar-refractivity contribution >= 4 is 37.6 Å². The molecule has 2 fully saturated rings.